The fraction of sp³-hybridized carbons (Fsp3) is 0.357. The Kier molecular flexibility index (Phi) is 7.96. The molecule has 0 saturated carbocycles. The number of hydrogen-bond donors (Lipinski definition) is 0. The van der Waals surface area contributed by atoms with Crippen LogP contribution in [-0.4, -0.2) is 0 Å². The molecule has 3 aromatic rings. The molecule has 0 aliphatic rings. The van der Waals surface area contributed by atoms with Crippen LogP contribution < -0.4 is 9.47 Å². The van der Waals surface area contributed by atoms with Crippen LogP contribution in [0.2, 0.25) is 0 Å². The molecule has 0 bridgehead atoms. The number of hydrogen-bond acceptors (Lipinski definition) is 2. The van der Waals surface area contributed by atoms with Crippen LogP contribution in [0, 0.1) is 0 Å². The van der Waals surface area contributed by atoms with Crippen LogP contribution in [0.1, 0.15) is 64.5 Å². The van der Waals surface area contributed by atoms with E-state index in [2.05, 4.69) is 76.2 Å². The van der Waals surface area contributed by atoms with Crippen molar-refractivity contribution in [1.29, 1.82) is 0 Å². The molecule has 0 spiro atoms. The number of ether oxygens (including phenoxy) is 2. The Labute approximate surface area is 181 Å². The molecule has 0 amide bonds. The van der Waals surface area contributed by atoms with Crippen molar-refractivity contribution >= 4 is 21.5 Å². The van der Waals surface area contributed by atoms with Gasteiger partial charge in [0.15, 0.2) is 0 Å². The van der Waals surface area contributed by atoms with Crippen molar-refractivity contribution in [2.45, 2.75) is 66.2 Å². The number of benzene rings is 3. The first-order chi connectivity index (χ1) is 14.7. The average Bonchev–Trinajstić information content (AvgIpc) is 2.79. The highest BCUT2D eigenvalue weighted by Crippen LogP contribution is 2.44. The molecule has 0 aliphatic carbocycles. The summed E-state index contributed by atoms with van der Waals surface area (Å²) in [6.45, 7) is 8.72. The van der Waals surface area contributed by atoms with Crippen LogP contribution in [0.4, 0.5) is 0 Å². The molecular formula is C28H34O2. The highest BCUT2D eigenvalue weighted by atomic mass is 16.5. The first-order valence-corrected chi connectivity index (χ1v) is 11.4. The molecule has 0 N–H and O–H groups in total. The number of aryl methyl sites for hydroxylation is 2. The summed E-state index contributed by atoms with van der Waals surface area (Å²) < 4.78 is 12.5. The summed E-state index contributed by atoms with van der Waals surface area (Å²) in [7, 11) is 0. The zero-order chi connectivity index (χ0) is 21.3. The maximum absolute atomic E-state index is 6.28. The standard InChI is InChI=1S/C28H34O2/c1-5-9-11-17-29-27-23-15-13-21(7-3)19-25(23)28(30-18-12-10-6-2)26-20-22(8-4)14-16-24(26)27/h11-20H,5-10H2,1-4H3/b17-11+,18-12+. The number of rotatable bonds is 10. The summed E-state index contributed by atoms with van der Waals surface area (Å²) in [6, 6.07) is 13.2. The summed E-state index contributed by atoms with van der Waals surface area (Å²) in [6.07, 6.45) is 14.1. The van der Waals surface area contributed by atoms with Crippen LogP contribution in [0.25, 0.3) is 21.5 Å². The van der Waals surface area contributed by atoms with Crippen molar-refractivity contribution in [2.75, 3.05) is 0 Å². The quantitative estimate of drug-likeness (QED) is 0.250. The molecule has 3 rings (SSSR count). The SMILES string of the molecule is CCC/C=C/Oc1c2ccc(CC)cc2c(O/C=C/CCC)c2cc(CC)ccc12. The molecule has 2 heteroatoms. The van der Waals surface area contributed by atoms with Gasteiger partial charge in [0.1, 0.15) is 11.5 Å². The van der Waals surface area contributed by atoms with Crippen LogP contribution in [0.15, 0.2) is 61.1 Å². The topological polar surface area (TPSA) is 18.5 Å². The van der Waals surface area contributed by atoms with E-state index in [9.17, 15) is 0 Å². The van der Waals surface area contributed by atoms with E-state index in [0.717, 1.165) is 71.6 Å². The van der Waals surface area contributed by atoms with Gasteiger partial charge in [-0.25, -0.2) is 0 Å². The second kappa shape index (κ2) is 10.9. The number of unbranched alkanes of at least 4 members (excludes halogenated alkanes) is 2. The van der Waals surface area contributed by atoms with E-state index in [1.807, 2.05) is 12.5 Å². The predicted molar refractivity (Wildman–Crippen MR) is 130 cm³/mol. The Bertz CT molecular complexity index is 979. The Morgan fingerprint density at radius 1 is 0.600 bits per heavy atom. The Balaban J connectivity index is 2.27. The van der Waals surface area contributed by atoms with E-state index in [0.29, 0.717) is 0 Å². The summed E-state index contributed by atoms with van der Waals surface area (Å²) in [5, 5.41) is 4.39. The van der Waals surface area contributed by atoms with Crippen LogP contribution in [0.5, 0.6) is 11.5 Å². The number of allylic oxidation sites excluding steroid dienone is 2. The third-order valence-electron chi connectivity index (χ3n) is 5.44. The minimum atomic E-state index is 0.905. The number of fused-ring (bicyclic) bond motifs is 2. The van der Waals surface area contributed by atoms with Gasteiger partial charge in [0.25, 0.3) is 0 Å². The molecule has 3 aromatic carbocycles. The lowest BCUT2D eigenvalue weighted by Crippen LogP contribution is -1.94. The normalized spacial score (nSPS) is 11.9. The Morgan fingerprint density at radius 3 is 1.43 bits per heavy atom. The smallest absolute Gasteiger partial charge is 0.142 e. The summed E-state index contributed by atoms with van der Waals surface area (Å²) in [5.41, 5.74) is 2.59. The fourth-order valence-corrected chi connectivity index (χ4v) is 3.64. The van der Waals surface area contributed by atoms with Gasteiger partial charge < -0.3 is 9.47 Å². The van der Waals surface area contributed by atoms with Crippen LogP contribution in [0.3, 0.4) is 0 Å². The maximum Gasteiger partial charge on any atom is 0.142 e. The van der Waals surface area contributed by atoms with Gasteiger partial charge in [-0.15, -0.1) is 0 Å². The van der Waals surface area contributed by atoms with Gasteiger partial charge in [-0.05, 0) is 61.1 Å². The van der Waals surface area contributed by atoms with Gasteiger partial charge in [0.2, 0.25) is 0 Å². The zero-order valence-corrected chi connectivity index (χ0v) is 18.8. The summed E-state index contributed by atoms with van der Waals surface area (Å²) in [4.78, 5) is 0. The van der Waals surface area contributed by atoms with E-state index in [-0.39, 0.29) is 0 Å². The lowest BCUT2D eigenvalue weighted by Gasteiger charge is -2.17. The van der Waals surface area contributed by atoms with Gasteiger partial charge in [0, 0.05) is 21.5 Å². The fourth-order valence-electron chi connectivity index (χ4n) is 3.64. The molecule has 0 fully saturated rings. The van der Waals surface area contributed by atoms with Crippen molar-refractivity contribution in [3.8, 4) is 11.5 Å². The van der Waals surface area contributed by atoms with Gasteiger partial charge in [0.05, 0.1) is 12.5 Å². The zero-order valence-electron chi connectivity index (χ0n) is 18.8. The van der Waals surface area contributed by atoms with Crippen molar-refractivity contribution in [1.82, 2.24) is 0 Å². The molecule has 158 valence electrons. The van der Waals surface area contributed by atoms with E-state index in [1.54, 1.807) is 0 Å². The lowest BCUT2D eigenvalue weighted by atomic mass is 9.96. The van der Waals surface area contributed by atoms with E-state index in [4.69, 9.17) is 9.47 Å². The Hall–Kier alpha value is -2.74. The van der Waals surface area contributed by atoms with Crippen molar-refractivity contribution < 1.29 is 9.47 Å². The van der Waals surface area contributed by atoms with Crippen molar-refractivity contribution in [2.24, 2.45) is 0 Å². The molecule has 0 aliphatic heterocycles. The lowest BCUT2D eigenvalue weighted by molar-refractivity contribution is 0.481. The molecule has 2 nitrogen and oxygen atoms in total. The van der Waals surface area contributed by atoms with E-state index in [1.165, 1.54) is 11.1 Å². The first kappa shape index (κ1) is 22.0. The predicted octanol–water partition coefficient (Wildman–Crippen LogP) is 8.50. The second-order valence-electron chi connectivity index (χ2n) is 7.68. The molecule has 0 aromatic heterocycles. The van der Waals surface area contributed by atoms with E-state index >= 15 is 0 Å². The Morgan fingerprint density at radius 2 is 1.03 bits per heavy atom. The van der Waals surface area contributed by atoms with Crippen LogP contribution in [-0.2, 0) is 12.8 Å². The third-order valence-corrected chi connectivity index (χ3v) is 5.44. The van der Waals surface area contributed by atoms with E-state index < -0.39 is 0 Å². The van der Waals surface area contributed by atoms with Crippen molar-refractivity contribution in [3.63, 3.8) is 0 Å². The molecular weight excluding hydrogens is 368 g/mol. The van der Waals surface area contributed by atoms with Crippen molar-refractivity contribution in [3.05, 3.63) is 72.2 Å². The maximum atomic E-state index is 6.28. The summed E-state index contributed by atoms with van der Waals surface area (Å²) >= 11 is 0. The third kappa shape index (κ3) is 4.87. The summed E-state index contributed by atoms with van der Waals surface area (Å²) in [5.74, 6) is 1.82. The molecule has 0 radical (unpaired) electrons. The monoisotopic (exact) mass is 402 g/mol. The minimum Gasteiger partial charge on any atom is -0.464 e. The molecule has 0 heterocycles. The molecule has 0 unspecified atom stereocenters. The average molecular weight is 403 g/mol. The highest BCUT2D eigenvalue weighted by Gasteiger charge is 2.16. The van der Waals surface area contributed by atoms with Gasteiger partial charge in [-0.2, -0.15) is 0 Å². The largest absolute Gasteiger partial charge is 0.464 e. The van der Waals surface area contributed by atoms with Gasteiger partial charge >= 0.3 is 0 Å². The molecule has 0 atom stereocenters. The molecule has 30 heavy (non-hydrogen) atoms. The second-order valence-corrected chi connectivity index (χ2v) is 7.68. The minimum absolute atomic E-state index is 0.905. The van der Waals surface area contributed by atoms with Gasteiger partial charge in [-0.3, -0.25) is 0 Å². The van der Waals surface area contributed by atoms with Crippen LogP contribution >= 0.6 is 0 Å². The molecule has 0 saturated heterocycles. The highest BCUT2D eigenvalue weighted by molar-refractivity contribution is 6.11. The van der Waals surface area contributed by atoms with Gasteiger partial charge in [-0.1, -0.05) is 64.8 Å². The first-order valence-electron chi connectivity index (χ1n) is 11.4.